The Morgan fingerprint density at radius 3 is 2.43 bits per heavy atom. The maximum atomic E-state index is 13.3. The van der Waals surface area contributed by atoms with E-state index in [0.29, 0.717) is 17.0 Å². The Kier molecular flexibility index (Phi) is 5.94. The average molecular weight is 379 g/mol. The first-order valence-corrected chi connectivity index (χ1v) is 8.89. The summed E-state index contributed by atoms with van der Waals surface area (Å²) in [5.41, 5.74) is 3.81. The number of amides is 1. The monoisotopic (exact) mass is 379 g/mol. The minimum atomic E-state index is -0.407. The summed E-state index contributed by atoms with van der Waals surface area (Å²) >= 11 is 0. The molecule has 0 unspecified atom stereocenters. The van der Waals surface area contributed by atoms with Crippen molar-refractivity contribution in [2.75, 3.05) is 12.4 Å². The second-order valence-corrected chi connectivity index (χ2v) is 6.60. The molecule has 0 aromatic heterocycles. The van der Waals surface area contributed by atoms with Crippen LogP contribution in [0.4, 0.5) is 10.1 Å². The molecular formula is C23H22FNO3. The number of halogens is 1. The molecule has 0 radical (unpaired) electrons. The van der Waals surface area contributed by atoms with Crippen molar-refractivity contribution in [2.24, 2.45) is 0 Å². The molecule has 3 aromatic rings. The minimum Gasteiger partial charge on any atom is -0.496 e. The molecule has 0 heterocycles. The molecule has 0 aliphatic carbocycles. The summed E-state index contributed by atoms with van der Waals surface area (Å²) in [4.78, 5) is 12.5. The second-order valence-electron chi connectivity index (χ2n) is 6.60. The van der Waals surface area contributed by atoms with Crippen molar-refractivity contribution in [2.45, 2.75) is 20.5 Å². The summed E-state index contributed by atoms with van der Waals surface area (Å²) in [5, 5.41) is 2.69. The van der Waals surface area contributed by atoms with Gasteiger partial charge in [0.2, 0.25) is 0 Å². The third-order valence-electron chi connectivity index (χ3n) is 4.21. The molecule has 3 aromatic carbocycles. The minimum absolute atomic E-state index is 0.257. The van der Waals surface area contributed by atoms with Gasteiger partial charge in [0.05, 0.1) is 7.11 Å². The van der Waals surface area contributed by atoms with Gasteiger partial charge in [0, 0.05) is 16.8 Å². The number of benzene rings is 3. The van der Waals surface area contributed by atoms with Crippen LogP contribution in [-0.4, -0.2) is 13.0 Å². The average Bonchev–Trinajstić information content (AvgIpc) is 2.65. The number of anilines is 1. The van der Waals surface area contributed by atoms with E-state index in [4.69, 9.17) is 9.47 Å². The largest absolute Gasteiger partial charge is 0.496 e. The molecule has 0 bridgehead atoms. The predicted molar refractivity (Wildman–Crippen MR) is 108 cm³/mol. The van der Waals surface area contributed by atoms with E-state index >= 15 is 0 Å². The highest BCUT2D eigenvalue weighted by atomic mass is 19.1. The van der Waals surface area contributed by atoms with Crippen molar-refractivity contribution < 1.29 is 18.7 Å². The van der Waals surface area contributed by atoms with E-state index in [2.05, 4.69) is 11.4 Å². The molecule has 4 nitrogen and oxygen atoms in total. The molecule has 28 heavy (non-hydrogen) atoms. The van der Waals surface area contributed by atoms with Gasteiger partial charge >= 0.3 is 0 Å². The first-order valence-electron chi connectivity index (χ1n) is 8.89. The number of carbonyl (C=O) groups excluding carboxylic acids is 1. The molecule has 0 fully saturated rings. The fourth-order valence-electron chi connectivity index (χ4n) is 2.98. The summed E-state index contributed by atoms with van der Waals surface area (Å²) in [7, 11) is 1.57. The lowest BCUT2D eigenvalue weighted by atomic mass is 10.1. The zero-order valence-electron chi connectivity index (χ0n) is 16.1. The zero-order chi connectivity index (χ0) is 20.1. The van der Waals surface area contributed by atoms with Gasteiger partial charge in [-0.2, -0.15) is 0 Å². The van der Waals surface area contributed by atoms with Gasteiger partial charge in [-0.05, 0) is 73.5 Å². The van der Waals surface area contributed by atoms with Crippen LogP contribution in [0.15, 0.2) is 60.7 Å². The standard InChI is InChI=1S/C23H22FNO3/c1-15-9-16(2)11-21(10-15)28-14-18-12-17(7-8-22(18)27-3)23(26)25-20-6-4-5-19(24)13-20/h4-13H,14H2,1-3H3,(H,25,26). The van der Waals surface area contributed by atoms with Gasteiger partial charge < -0.3 is 14.8 Å². The third kappa shape index (κ3) is 4.88. The summed E-state index contributed by atoms with van der Waals surface area (Å²) in [6, 6.07) is 16.9. The number of ether oxygens (including phenoxy) is 2. The number of rotatable bonds is 6. The number of hydrogen-bond donors (Lipinski definition) is 1. The molecule has 5 heteroatoms. The highest BCUT2D eigenvalue weighted by Gasteiger charge is 2.12. The molecule has 3 rings (SSSR count). The Morgan fingerprint density at radius 2 is 1.75 bits per heavy atom. The van der Waals surface area contributed by atoms with Crippen molar-refractivity contribution in [3.05, 3.63) is 88.7 Å². The zero-order valence-corrected chi connectivity index (χ0v) is 16.1. The van der Waals surface area contributed by atoms with E-state index < -0.39 is 5.82 Å². The summed E-state index contributed by atoms with van der Waals surface area (Å²) in [6.07, 6.45) is 0. The topological polar surface area (TPSA) is 47.6 Å². The van der Waals surface area contributed by atoms with Crippen LogP contribution in [0.1, 0.15) is 27.0 Å². The molecule has 144 valence electrons. The number of hydrogen-bond acceptors (Lipinski definition) is 3. The van der Waals surface area contributed by atoms with Gasteiger partial charge in [0.25, 0.3) is 5.91 Å². The van der Waals surface area contributed by atoms with Crippen LogP contribution in [0, 0.1) is 19.7 Å². The fourth-order valence-corrected chi connectivity index (χ4v) is 2.98. The Balaban J connectivity index is 1.78. The maximum Gasteiger partial charge on any atom is 0.255 e. The Morgan fingerprint density at radius 1 is 1.00 bits per heavy atom. The van der Waals surface area contributed by atoms with Crippen LogP contribution >= 0.6 is 0 Å². The normalized spacial score (nSPS) is 10.4. The van der Waals surface area contributed by atoms with Crippen molar-refractivity contribution in [3.8, 4) is 11.5 Å². The van der Waals surface area contributed by atoms with Crippen LogP contribution in [-0.2, 0) is 6.61 Å². The number of carbonyl (C=O) groups is 1. The molecule has 0 saturated heterocycles. The molecule has 1 amide bonds. The van der Waals surface area contributed by atoms with Crippen molar-refractivity contribution in [3.63, 3.8) is 0 Å². The third-order valence-corrected chi connectivity index (χ3v) is 4.21. The lowest BCUT2D eigenvalue weighted by Crippen LogP contribution is -2.13. The summed E-state index contributed by atoms with van der Waals surface area (Å²) < 4.78 is 24.6. The van der Waals surface area contributed by atoms with Gasteiger partial charge in [-0.25, -0.2) is 4.39 Å². The highest BCUT2D eigenvalue weighted by molar-refractivity contribution is 6.04. The quantitative estimate of drug-likeness (QED) is 0.634. The predicted octanol–water partition coefficient (Wildman–Crippen LogP) is 5.28. The maximum absolute atomic E-state index is 13.3. The molecular weight excluding hydrogens is 357 g/mol. The van der Waals surface area contributed by atoms with Crippen LogP contribution in [0.2, 0.25) is 0 Å². The first kappa shape index (κ1) is 19.4. The van der Waals surface area contributed by atoms with E-state index in [1.54, 1.807) is 37.4 Å². The van der Waals surface area contributed by atoms with Crippen molar-refractivity contribution in [1.82, 2.24) is 0 Å². The molecule has 0 atom stereocenters. The van der Waals surface area contributed by atoms with E-state index in [9.17, 15) is 9.18 Å². The molecule has 0 spiro atoms. The summed E-state index contributed by atoms with van der Waals surface area (Å²) in [5.74, 6) is 0.650. The molecule has 1 N–H and O–H groups in total. The van der Waals surface area contributed by atoms with Gasteiger partial charge in [-0.3, -0.25) is 4.79 Å². The lowest BCUT2D eigenvalue weighted by Gasteiger charge is -2.13. The Bertz CT molecular complexity index is 981. The van der Waals surface area contributed by atoms with Crippen LogP contribution < -0.4 is 14.8 Å². The van der Waals surface area contributed by atoms with E-state index in [1.807, 2.05) is 26.0 Å². The fraction of sp³-hybridized carbons (Fsp3) is 0.174. The van der Waals surface area contributed by atoms with E-state index in [0.717, 1.165) is 22.4 Å². The molecule has 0 aliphatic heterocycles. The Hall–Kier alpha value is -3.34. The van der Waals surface area contributed by atoms with Crippen molar-refractivity contribution in [1.29, 1.82) is 0 Å². The SMILES string of the molecule is COc1ccc(C(=O)Nc2cccc(F)c2)cc1COc1cc(C)cc(C)c1. The number of methoxy groups -OCH3 is 1. The van der Waals surface area contributed by atoms with Crippen molar-refractivity contribution >= 4 is 11.6 Å². The molecule has 0 saturated carbocycles. The lowest BCUT2D eigenvalue weighted by molar-refractivity contribution is 0.102. The smallest absolute Gasteiger partial charge is 0.255 e. The van der Waals surface area contributed by atoms with Crippen LogP contribution in [0.3, 0.4) is 0 Å². The number of nitrogens with one attached hydrogen (secondary N) is 1. The molecule has 0 aliphatic rings. The number of aryl methyl sites for hydroxylation is 2. The van der Waals surface area contributed by atoms with Gasteiger partial charge in [-0.1, -0.05) is 12.1 Å². The highest BCUT2D eigenvalue weighted by Crippen LogP contribution is 2.24. The van der Waals surface area contributed by atoms with Crippen LogP contribution in [0.5, 0.6) is 11.5 Å². The van der Waals surface area contributed by atoms with Gasteiger partial charge in [0.1, 0.15) is 23.9 Å². The van der Waals surface area contributed by atoms with Gasteiger partial charge in [-0.15, -0.1) is 0 Å². The van der Waals surface area contributed by atoms with E-state index in [1.165, 1.54) is 12.1 Å². The second kappa shape index (κ2) is 8.57. The van der Waals surface area contributed by atoms with Gasteiger partial charge in [0.15, 0.2) is 0 Å². The summed E-state index contributed by atoms with van der Waals surface area (Å²) in [6.45, 7) is 4.28. The van der Waals surface area contributed by atoms with E-state index in [-0.39, 0.29) is 12.5 Å². The Labute approximate surface area is 163 Å². The van der Waals surface area contributed by atoms with Crippen LogP contribution in [0.25, 0.3) is 0 Å². The first-order chi connectivity index (χ1) is 13.4.